The summed E-state index contributed by atoms with van der Waals surface area (Å²) in [7, 11) is 0. The number of hydrogen-bond donors (Lipinski definition) is 0. The Hall–Kier alpha value is -3.34. The monoisotopic (exact) mass is 344 g/mol. The maximum atomic E-state index is 12.9. The van der Waals surface area contributed by atoms with E-state index in [1.54, 1.807) is 15.6 Å². The summed E-state index contributed by atoms with van der Waals surface area (Å²) in [5, 5.41) is 4.52. The maximum Gasteiger partial charge on any atom is 0.274 e. The molecule has 4 rings (SSSR count). The van der Waals surface area contributed by atoms with Gasteiger partial charge in [-0.2, -0.15) is 5.10 Å². The minimum atomic E-state index is -0.0593. The van der Waals surface area contributed by atoms with Crippen molar-refractivity contribution in [3.63, 3.8) is 0 Å². The van der Waals surface area contributed by atoms with Crippen molar-refractivity contribution >= 4 is 11.4 Å². The molecule has 0 aliphatic carbocycles. The molecule has 0 bridgehead atoms. The number of nitrogens with zero attached hydrogens (tertiary/aromatic N) is 4. The van der Waals surface area contributed by atoms with Gasteiger partial charge in [-0.1, -0.05) is 36.4 Å². The van der Waals surface area contributed by atoms with Gasteiger partial charge in [0.1, 0.15) is 5.82 Å². The highest BCUT2D eigenvalue weighted by Gasteiger charge is 2.18. The van der Waals surface area contributed by atoms with Crippen LogP contribution in [-0.4, -0.2) is 31.5 Å². The smallest absolute Gasteiger partial charge is 0.274 e. The number of rotatable bonds is 5. The second-order valence-corrected chi connectivity index (χ2v) is 6.14. The van der Waals surface area contributed by atoms with E-state index >= 15 is 0 Å². The summed E-state index contributed by atoms with van der Waals surface area (Å²) >= 11 is 0. The minimum absolute atomic E-state index is 0.0593. The standard InChI is InChI=1S/C21H20N4O/c1-2-23(16-17-8-4-3-5-9-17)21(26)19-13-15-25(22-19)20-12-11-18-10-6-7-14-24(18)20/h3-15H,2,16H2,1H3. The summed E-state index contributed by atoms with van der Waals surface area (Å²) in [5.41, 5.74) is 2.65. The fraction of sp³-hybridized carbons (Fsp3) is 0.143. The van der Waals surface area contributed by atoms with Crippen LogP contribution in [0.5, 0.6) is 0 Å². The van der Waals surface area contributed by atoms with Gasteiger partial charge in [0, 0.05) is 31.0 Å². The van der Waals surface area contributed by atoms with Gasteiger partial charge in [0.05, 0.1) is 0 Å². The second kappa shape index (κ2) is 6.88. The molecule has 0 N–H and O–H groups in total. The molecule has 1 amide bonds. The van der Waals surface area contributed by atoms with Crippen LogP contribution in [0.2, 0.25) is 0 Å². The Morgan fingerprint density at radius 1 is 0.962 bits per heavy atom. The van der Waals surface area contributed by atoms with Gasteiger partial charge in [-0.15, -0.1) is 0 Å². The summed E-state index contributed by atoms with van der Waals surface area (Å²) in [6.07, 6.45) is 3.82. The predicted octanol–water partition coefficient (Wildman–Crippen LogP) is 3.79. The van der Waals surface area contributed by atoms with Crippen molar-refractivity contribution in [2.75, 3.05) is 6.54 Å². The molecule has 0 radical (unpaired) electrons. The van der Waals surface area contributed by atoms with Crippen molar-refractivity contribution < 1.29 is 4.79 Å². The van der Waals surface area contributed by atoms with E-state index in [9.17, 15) is 4.79 Å². The van der Waals surface area contributed by atoms with Gasteiger partial charge in [-0.05, 0) is 42.8 Å². The van der Waals surface area contributed by atoms with Gasteiger partial charge >= 0.3 is 0 Å². The molecule has 3 aromatic heterocycles. The minimum Gasteiger partial charge on any atom is -0.333 e. The van der Waals surface area contributed by atoms with Crippen LogP contribution in [0.15, 0.2) is 79.1 Å². The van der Waals surface area contributed by atoms with Crippen LogP contribution in [0.3, 0.4) is 0 Å². The Balaban J connectivity index is 1.59. The summed E-state index contributed by atoms with van der Waals surface area (Å²) in [4.78, 5) is 14.7. The van der Waals surface area contributed by atoms with Crippen molar-refractivity contribution in [1.29, 1.82) is 0 Å². The Morgan fingerprint density at radius 3 is 2.58 bits per heavy atom. The van der Waals surface area contributed by atoms with Crippen LogP contribution >= 0.6 is 0 Å². The average molecular weight is 344 g/mol. The molecule has 5 nitrogen and oxygen atoms in total. The van der Waals surface area contributed by atoms with Gasteiger partial charge in [-0.3, -0.25) is 4.79 Å². The SMILES string of the molecule is CCN(Cc1ccccc1)C(=O)c1ccn(-c2ccc3ccccn23)n1. The molecule has 0 spiro atoms. The Morgan fingerprint density at radius 2 is 1.77 bits per heavy atom. The molecule has 4 aromatic rings. The summed E-state index contributed by atoms with van der Waals surface area (Å²) in [6.45, 7) is 3.20. The molecule has 0 saturated heterocycles. The first-order valence-electron chi connectivity index (χ1n) is 8.71. The summed E-state index contributed by atoms with van der Waals surface area (Å²) < 4.78 is 3.79. The van der Waals surface area contributed by atoms with E-state index in [1.165, 1.54) is 0 Å². The zero-order valence-corrected chi connectivity index (χ0v) is 14.6. The number of carbonyl (C=O) groups excluding carboxylic acids is 1. The molecule has 5 heteroatoms. The van der Waals surface area contributed by atoms with Gasteiger partial charge in [-0.25, -0.2) is 4.68 Å². The summed E-state index contributed by atoms with van der Waals surface area (Å²) in [6, 6.07) is 21.8. The average Bonchev–Trinajstić information content (AvgIpc) is 3.33. The lowest BCUT2D eigenvalue weighted by Gasteiger charge is -2.19. The van der Waals surface area contributed by atoms with Crippen LogP contribution < -0.4 is 0 Å². The Kier molecular flexibility index (Phi) is 4.27. The molecular formula is C21H20N4O. The first-order valence-corrected chi connectivity index (χ1v) is 8.71. The highest BCUT2D eigenvalue weighted by Crippen LogP contribution is 2.15. The quantitative estimate of drug-likeness (QED) is 0.553. The zero-order chi connectivity index (χ0) is 17.9. The third kappa shape index (κ3) is 2.99. The second-order valence-electron chi connectivity index (χ2n) is 6.14. The zero-order valence-electron chi connectivity index (χ0n) is 14.6. The van der Waals surface area contributed by atoms with E-state index in [-0.39, 0.29) is 5.91 Å². The molecule has 0 aliphatic heterocycles. The largest absolute Gasteiger partial charge is 0.333 e. The molecule has 130 valence electrons. The molecule has 0 fully saturated rings. The van der Waals surface area contributed by atoms with Crippen molar-refractivity contribution in [3.05, 3.63) is 90.4 Å². The van der Waals surface area contributed by atoms with E-state index in [4.69, 9.17) is 0 Å². The molecule has 1 aromatic carbocycles. The molecule has 0 atom stereocenters. The first kappa shape index (κ1) is 16.1. The number of pyridine rings is 1. The van der Waals surface area contributed by atoms with Crippen LogP contribution in [0.4, 0.5) is 0 Å². The lowest BCUT2D eigenvalue weighted by atomic mass is 10.2. The van der Waals surface area contributed by atoms with Crippen LogP contribution in [-0.2, 0) is 6.54 Å². The predicted molar refractivity (Wildman–Crippen MR) is 101 cm³/mol. The molecule has 0 aliphatic rings. The van der Waals surface area contributed by atoms with E-state index < -0.39 is 0 Å². The third-order valence-corrected chi connectivity index (χ3v) is 4.47. The molecule has 26 heavy (non-hydrogen) atoms. The van der Waals surface area contributed by atoms with Crippen LogP contribution in [0.1, 0.15) is 23.0 Å². The number of aromatic nitrogens is 3. The van der Waals surface area contributed by atoms with E-state index in [2.05, 4.69) is 5.10 Å². The highest BCUT2D eigenvalue weighted by atomic mass is 16.2. The number of amides is 1. The normalized spacial score (nSPS) is 11.0. The molecule has 3 heterocycles. The molecule has 0 saturated carbocycles. The van der Waals surface area contributed by atoms with Gasteiger partial charge < -0.3 is 9.30 Å². The fourth-order valence-electron chi connectivity index (χ4n) is 3.09. The van der Waals surface area contributed by atoms with E-state index in [1.807, 2.05) is 84.4 Å². The third-order valence-electron chi connectivity index (χ3n) is 4.47. The topological polar surface area (TPSA) is 42.5 Å². The van der Waals surface area contributed by atoms with Gasteiger partial charge in [0.25, 0.3) is 5.91 Å². The van der Waals surface area contributed by atoms with Gasteiger partial charge in [0.2, 0.25) is 0 Å². The Bertz CT molecular complexity index is 1030. The first-order chi connectivity index (χ1) is 12.8. The highest BCUT2D eigenvalue weighted by molar-refractivity contribution is 5.92. The van der Waals surface area contributed by atoms with Crippen molar-refractivity contribution in [1.82, 2.24) is 19.1 Å². The van der Waals surface area contributed by atoms with Gasteiger partial charge in [0.15, 0.2) is 5.69 Å². The van der Waals surface area contributed by atoms with E-state index in [0.29, 0.717) is 18.8 Å². The number of hydrogen-bond acceptors (Lipinski definition) is 2. The van der Waals surface area contributed by atoms with Crippen LogP contribution in [0.25, 0.3) is 11.3 Å². The van der Waals surface area contributed by atoms with Crippen molar-refractivity contribution in [2.24, 2.45) is 0 Å². The lowest BCUT2D eigenvalue weighted by Crippen LogP contribution is -2.30. The van der Waals surface area contributed by atoms with Crippen molar-refractivity contribution in [2.45, 2.75) is 13.5 Å². The number of fused-ring (bicyclic) bond motifs is 1. The fourth-order valence-corrected chi connectivity index (χ4v) is 3.09. The number of carbonyl (C=O) groups is 1. The lowest BCUT2D eigenvalue weighted by molar-refractivity contribution is 0.0746. The summed E-state index contributed by atoms with van der Waals surface area (Å²) in [5.74, 6) is 0.849. The molecular weight excluding hydrogens is 324 g/mol. The van der Waals surface area contributed by atoms with Crippen molar-refractivity contribution in [3.8, 4) is 5.82 Å². The van der Waals surface area contributed by atoms with E-state index in [0.717, 1.165) is 16.9 Å². The van der Waals surface area contributed by atoms with Crippen LogP contribution in [0, 0.1) is 0 Å². The Labute approximate surface area is 152 Å². The number of benzene rings is 1. The molecule has 0 unspecified atom stereocenters. The maximum absolute atomic E-state index is 12.9.